The second kappa shape index (κ2) is 5.55. The number of nitrogens with two attached hydrogens (primary N) is 1. The number of rotatable bonds is 4. The molecule has 3 rings (SSSR count). The molecule has 3 atom stereocenters. The van der Waals surface area contributed by atoms with Crippen molar-refractivity contribution in [2.75, 3.05) is 5.73 Å². The summed E-state index contributed by atoms with van der Waals surface area (Å²) in [5, 5.41) is 0. The topological polar surface area (TPSA) is 51.8 Å². The van der Waals surface area contributed by atoms with Crippen LogP contribution >= 0.6 is 0 Å². The van der Waals surface area contributed by atoms with Crippen molar-refractivity contribution in [1.29, 1.82) is 0 Å². The van der Waals surface area contributed by atoms with E-state index < -0.39 is 0 Å². The maximum Gasteiger partial charge on any atom is 0.220 e. The van der Waals surface area contributed by atoms with Crippen LogP contribution in [0.25, 0.3) is 0 Å². The Morgan fingerprint density at radius 2 is 2.15 bits per heavy atom. The molecule has 20 heavy (non-hydrogen) atoms. The lowest BCUT2D eigenvalue weighted by Gasteiger charge is -2.33. The number of hydrogen-bond donors (Lipinski definition) is 1. The van der Waals surface area contributed by atoms with E-state index >= 15 is 0 Å². The summed E-state index contributed by atoms with van der Waals surface area (Å²) in [6.45, 7) is 4.59. The third-order valence-corrected chi connectivity index (χ3v) is 4.92. The van der Waals surface area contributed by atoms with Gasteiger partial charge in [-0.05, 0) is 49.5 Å². The molecule has 108 valence electrons. The Morgan fingerprint density at radius 3 is 2.95 bits per heavy atom. The molecule has 2 aliphatic carbocycles. The Morgan fingerprint density at radius 1 is 1.30 bits per heavy atom. The Hall–Kier alpha value is -1.38. The molecule has 1 aromatic heterocycles. The molecule has 0 aromatic carbocycles. The van der Waals surface area contributed by atoms with E-state index in [1.54, 1.807) is 0 Å². The zero-order chi connectivity index (χ0) is 14.1. The average Bonchev–Trinajstić information content (AvgIpc) is 2.80. The summed E-state index contributed by atoms with van der Waals surface area (Å²) in [4.78, 5) is 9.09. The van der Waals surface area contributed by atoms with E-state index in [4.69, 9.17) is 5.73 Å². The van der Waals surface area contributed by atoms with Crippen LogP contribution in [0.2, 0.25) is 0 Å². The molecule has 0 fully saturated rings. The van der Waals surface area contributed by atoms with Crippen molar-refractivity contribution in [2.45, 2.75) is 64.2 Å². The maximum absolute atomic E-state index is 5.92. The molecule has 0 saturated carbocycles. The van der Waals surface area contributed by atoms with Crippen LogP contribution in [0, 0.1) is 5.92 Å². The highest BCUT2D eigenvalue weighted by atomic mass is 15.0. The fourth-order valence-electron chi connectivity index (χ4n) is 3.92. The van der Waals surface area contributed by atoms with Crippen LogP contribution in [0.5, 0.6) is 0 Å². The number of aryl methyl sites for hydroxylation is 1. The number of allylic oxidation sites excluding steroid dienone is 2. The van der Waals surface area contributed by atoms with Crippen LogP contribution in [0.3, 0.4) is 0 Å². The first-order valence-electron chi connectivity index (χ1n) is 8.01. The number of nitrogen functional groups attached to an aromatic ring is 1. The molecule has 2 aliphatic rings. The molecule has 1 unspecified atom stereocenters. The molecule has 0 spiro atoms. The van der Waals surface area contributed by atoms with Crippen LogP contribution < -0.4 is 5.73 Å². The first-order valence-corrected chi connectivity index (χ1v) is 8.01. The number of unbranched alkanes of at least 4 members (excludes halogenated alkanes) is 1. The van der Waals surface area contributed by atoms with Crippen molar-refractivity contribution >= 4 is 5.95 Å². The summed E-state index contributed by atoms with van der Waals surface area (Å²) in [6, 6.07) is 0. The van der Waals surface area contributed by atoms with E-state index in [0.29, 0.717) is 23.7 Å². The highest BCUT2D eigenvalue weighted by Gasteiger charge is 2.38. The van der Waals surface area contributed by atoms with E-state index in [0.717, 1.165) is 12.8 Å². The Kier molecular flexibility index (Phi) is 3.77. The molecule has 0 saturated heterocycles. The molecule has 0 amide bonds. The van der Waals surface area contributed by atoms with Crippen molar-refractivity contribution in [3.63, 3.8) is 0 Å². The van der Waals surface area contributed by atoms with Crippen molar-refractivity contribution in [3.05, 3.63) is 29.1 Å². The minimum atomic E-state index is 0.469. The standard InChI is InChI=1S/C17H25N3/c1-3-4-5-6-7-13-11(2)10-12-8-9-14-15(12)16(13)20-17(18)19-14/h5-6,11-13H,3-4,7-10H2,1-2H3,(H2,18,19,20)/b6-5-/t11?,12-,13-/m0/s1. The van der Waals surface area contributed by atoms with Gasteiger partial charge in [0, 0.05) is 11.6 Å². The normalized spacial score (nSPS) is 28.0. The van der Waals surface area contributed by atoms with Gasteiger partial charge in [-0.3, -0.25) is 0 Å². The average molecular weight is 271 g/mol. The molecule has 1 heterocycles. The first-order chi connectivity index (χ1) is 9.70. The Labute approximate surface area is 121 Å². The second-order valence-corrected chi connectivity index (χ2v) is 6.38. The third-order valence-electron chi connectivity index (χ3n) is 4.92. The van der Waals surface area contributed by atoms with Crippen LogP contribution in [0.4, 0.5) is 5.95 Å². The van der Waals surface area contributed by atoms with E-state index in [9.17, 15) is 0 Å². The van der Waals surface area contributed by atoms with Gasteiger partial charge < -0.3 is 5.73 Å². The second-order valence-electron chi connectivity index (χ2n) is 6.38. The van der Waals surface area contributed by atoms with Crippen molar-refractivity contribution < 1.29 is 0 Å². The minimum Gasteiger partial charge on any atom is -0.368 e. The number of hydrogen-bond acceptors (Lipinski definition) is 3. The first kappa shape index (κ1) is 13.6. The van der Waals surface area contributed by atoms with E-state index in [-0.39, 0.29) is 0 Å². The lowest BCUT2D eigenvalue weighted by Crippen LogP contribution is -2.23. The molecule has 0 bridgehead atoms. The van der Waals surface area contributed by atoms with E-state index in [1.807, 2.05) is 0 Å². The molecule has 3 nitrogen and oxygen atoms in total. The SMILES string of the molecule is CCC/C=C\C[C@@H]1c2nc(N)nc3c2[C@@H](CC3)CC1C. The summed E-state index contributed by atoms with van der Waals surface area (Å²) < 4.78 is 0. The fraction of sp³-hybridized carbons (Fsp3) is 0.647. The van der Waals surface area contributed by atoms with Gasteiger partial charge in [-0.2, -0.15) is 0 Å². The van der Waals surface area contributed by atoms with Gasteiger partial charge in [0.1, 0.15) is 0 Å². The van der Waals surface area contributed by atoms with Crippen LogP contribution in [0.1, 0.15) is 74.7 Å². The monoisotopic (exact) mass is 271 g/mol. The number of nitrogens with zero attached hydrogens (tertiary/aromatic N) is 2. The number of aromatic nitrogens is 2. The van der Waals surface area contributed by atoms with Crippen LogP contribution in [-0.4, -0.2) is 9.97 Å². The van der Waals surface area contributed by atoms with Crippen LogP contribution in [0.15, 0.2) is 12.2 Å². The summed E-state index contributed by atoms with van der Waals surface area (Å²) >= 11 is 0. The summed E-state index contributed by atoms with van der Waals surface area (Å²) in [5.74, 6) is 2.37. The molecule has 2 N–H and O–H groups in total. The molecule has 1 aromatic rings. The predicted molar refractivity (Wildman–Crippen MR) is 82.7 cm³/mol. The van der Waals surface area contributed by atoms with Crippen LogP contribution in [-0.2, 0) is 6.42 Å². The lowest BCUT2D eigenvalue weighted by molar-refractivity contribution is 0.355. The summed E-state index contributed by atoms with van der Waals surface area (Å²) in [7, 11) is 0. The molecular weight excluding hydrogens is 246 g/mol. The minimum absolute atomic E-state index is 0.469. The molecule has 0 aliphatic heterocycles. The lowest BCUT2D eigenvalue weighted by atomic mass is 9.73. The highest BCUT2D eigenvalue weighted by Crippen LogP contribution is 2.49. The van der Waals surface area contributed by atoms with E-state index in [1.165, 1.54) is 42.6 Å². The zero-order valence-corrected chi connectivity index (χ0v) is 12.6. The molecular formula is C17H25N3. The van der Waals surface area contributed by atoms with Gasteiger partial charge in [-0.25, -0.2) is 9.97 Å². The van der Waals surface area contributed by atoms with Crippen molar-refractivity contribution in [3.8, 4) is 0 Å². The van der Waals surface area contributed by atoms with Gasteiger partial charge in [0.25, 0.3) is 0 Å². The van der Waals surface area contributed by atoms with Crippen molar-refractivity contribution in [1.82, 2.24) is 9.97 Å². The van der Waals surface area contributed by atoms with Gasteiger partial charge in [0.15, 0.2) is 0 Å². The summed E-state index contributed by atoms with van der Waals surface area (Å²) in [5.41, 5.74) is 9.86. The van der Waals surface area contributed by atoms with Gasteiger partial charge in [-0.15, -0.1) is 0 Å². The Balaban J connectivity index is 1.91. The highest BCUT2D eigenvalue weighted by molar-refractivity contribution is 5.42. The van der Waals surface area contributed by atoms with Crippen molar-refractivity contribution in [2.24, 2.45) is 5.92 Å². The zero-order valence-electron chi connectivity index (χ0n) is 12.6. The van der Waals surface area contributed by atoms with E-state index in [2.05, 4.69) is 36.0 Å². The summed E-state index contributed by atoms with van der Waals surface area (Å²) in [6.07, 6.45) is 11.8. The third kappa shape index (κ3) is 2.34. The maximum atomic E-state index is 5.92. The van der Waals surface area contributed by atoms with Gasteiger partial charge in [0.2, 0.25) is 5.95 Å². The predicted octanol–water partition coefficient (Wildman–Crippen LogP) is 3.96. The van der Waals surface area contributed by atoms with Gasteiger partial charge in [-0.1, -0.05) is 32.4 Å². The smallest absolute Gasteiger partial charge is 0.220 e. The quantitative estimate of drug-likeness (QED) is 0.843. The largest absolute Gasteiger partial charge is 0.368 e. The van der Waals surface area contributed by atoms with Gasteiger partial charge >= 0.3 is 0 Å². The Bertz CT molecular complexity index is 521. The molecule has 3 heteroatoms. The fourth-order valence-corrected chi connectivity index (χ4v) is 3.92. The number of anilines is 1. The molecule has 0 radical (unpaired) electrons. The van der Waals surface area contributed by atoms with Gasteiger partial charge in [0.05, 0.1) is 5.69 Å².